The highest BCUT2D eigenvalue weighted by Crippen LogP contribution is 2.38. The van der Waals surface area contributed by atoms with Crippen molar-refractivity contribution in [1.82, 2.24) is 10.2 Å². The third kappa shape index (κ3) is 3.68. The first-order valence-corrected chi connectivity index (χ1v) is 9.90. The van der Waals surface area contributed by atoms with Gasteiger partial charge in [-0.3, -0.25) is 9.59 Å². The Balaban J connectivity index is 1.46. The SMILES string of the molecule is CO[C@@H]1C[C@H]2CN(C(=O)c3ccc4c(c3)CCCO4)C[C@H]2C[C@H]1NC(C)=O. The quantitative estimate of drug-likeness (QED) is 0.881. The smallest absolute Gasteiger partial charge is 0.253 e. The third-order valence-electron chi connectivity index (χ3n) is 6.25. The standard InChI is InChI=1S/C21H28N2O4/c1-13(24)22-18-9-16-11-23(12-17(16)10-20(18)26-2)21(25)15-5-6-19-14(8-15)4-3-7-27-19/h5-6,8,16-18,20H,3-4,7,9-12H2,1-2H3,(H,22,24)/t16-,17+,18-,20-/m1/s1. The molecule has 0 unspecified atom stereocenters. The van der Waals surface area contributed by atoms with E-state index in [9.17, 15) is 9.59 Å². The summed E-state index contributed by atoms with van der Waals surface area (Å²) in [5.41, 5.74) is 1.88. The van der Waals surface area contributed by atoms with Crippen LogP contribution in [0.2, 0.25) is 0 Å². The molecule has 2 heterocycles. The van der Waals surface area contributed by atoms with Gasteiger partial charge in [-0.2, -0.15) is 0 Å². The fourth-order valence-corrected chi connectivity index (χ4v) is 4.93. The van der Waals surface area contributed by atoms with Crippen LogP contribution in [0.4, 0.5) is 0 Å². The molecule has 0 bridgehead atoms. The monoisotopic (exact) mass is 372 g/mol. The van der Waals surface area contributed by atoms with Gasteiger partial charge in [0.1, 0.15) is 5.75 Å². The number of benzene rings is 1. The van der Waals surface area contributed by atoms with Gasteiger partial charge in [0.2, 0.25) is 5.91 Å². The lowest BCUT2D eigenvalue weighted by molar-refractivity contribution is -0.121. The minimum Gasteiger partial charge on any atom is -0.493 e. The predicted molar refractivity (Wildman–Crippen MR) is 101 cm³/mol. The molecule has 2 fully saturated rings. The highest BCUT2D eigenvalue weighted by molar-refractivity contribution is 5.94. The fourth-order valence-electron chi connectivity index (χ4n) is 4.93. The predicted octanol–water partition coefficient (Wildman–Crippen LogP) is 2.01. The van der Waals surface area contributed by atoms with E-state index in [2.05, 4.69) is 5.32 Å². The van der Waals surface area contributed by atoms with Crippen LogP contribution in [0.3, 0.4) is 0 Å². The summed E-state index contributed by atoms with van der Waals surface area (Å²) < 4.78 is 11.3. The van der Waals surface area contributed by atoms with Crippen LogP contribution in [-0.2, 0) is 16.0 Å². The summed E-state index contributed by atoms with van der Waals surface area (Å²) in [5, 5.41) is 3.02. The van der Waals surface area contributed by atoms with Gasteiger partial charge >= 0.3 is 0 Å². The molecule has 6 heteroatoms. The van der Waals surface area contributed by atoms with E-state index in [0.717, 1.165) is 62.3 Å². The summed E-state index contributed by atoms with van der Waals surface area (Å²) in [6.07, 6.45) is 3.74. The second-order valence-corrected chi connectivity index (χ2v) is 8.06. The van der Waals surface area contributed by atoms with Crippen molar-refractivity contribution in [2.45, 2.75) is 44.8 Å². The van der Waals surface area contributed by atoms with Gasteiger partial charge in [0.05, 0.1) is 18.8 Å². The number of methoxy groups -OCH3 is 1. The average Bonchev–Trinajstić information content (AvgIpc) is 3.08. The van der Waals surface area contributed by atoms with Crippen LogP contribution in [0.5, 0.6) is 5.75 Å². The van der Waals surface area contributed by atoms with Gasteiger partial charge in [0, 0.05) is 32.7 Å². The molecule has 1 saturated heterocycles. The molecular weight excluding hydrogens is 344 g/mol. The Morgan fingerprint density at radius 3 is 2.74 bits per heavy atom. The summed E-state index contributed by atoms with van der Waals surface area (Å²) in [6.45, 7) is 3.82. The zero-order chi connectivity index (χ0) is 19.0. The van der Waals surface area contributed by atoms with Crippen LogP contribution in [0.1, 0.15) is 42.1 Å². The van der Waals surface area contributed by atoms with Crippen LogP contribution < -0.4 is 10.1 Å². The van der Waals surface area contributed by atoms with Crippen molar-refractivity contribution in [3.63, 3.8) is 0 Å². The summed E-state index contributed by atoms with van der Waals surface area (Å²) in [7, 11) is 1.70. The summed E-state index contributed by atoms with van der Waals surface area (Å²) in [6, 6.07) is 5.84. The minimum atomic E-state index is -0.0253. The molecule has 4 atom stereocenters. The molecule has 1 N–H and O–H groups in total. The summed E-state index contributed by atoms with van der Waals surface area (Å²) in [4.78, 5) is 26.5. The Labute approximate surface area is 160 Å². The van der Waals surface area contributed by atoms with Crippen molar-refractivity contribution < 1.29 is 19.1 Å². The van der Waals surface area contributed by atoms with Crippen molar-refractivity contribution in [2.75, 3.05) is 26.8 Å². The number of amides is 2. The number of carbonyl (C=O) groups excluding carboxylic acids is 2. The minimum absolute atomic E-state index is 0.0195. The number of hydrogen-bond donors (Lipinski definition) is 1. The van der Waals surface area contributed by atoms with E-state index >= 15 is 0 Å². The Morgan fingerprint density at radius 2 is 2.00 bits per heavy atom. The lowest BCUT2D eigenvalue weighted by atomic mass is 9.77. The second-order valence-electron chi connectivity index (χ2n) is 8.06. The van der Waals surface area contributed by atoms with Gasteiger partial charge in [-0.25, -0.2) is 0 Å². The molecule has 4 rings (SSSR count). The maximum Gasteiger partial charge on any atom is 0.253 e. The van der Waals surface area contributed by atoms with Crippen molar-refractivity contribution in [3.8, 4) is 5.75 Å². The van der Waals surface area contributed by atoms with Crippen molar-refractivity contribution in [1.29, 1.82) is 0 Å². The number of ether oxygens (including phenoxy) is 2. The topological polar surface area (TPSA) is 67.9 Å². The molecule has 2 aliphatic heterocycles. The first-order valence-electron chi connectivity index (χ1n) is 9.90. The molecule has 0 radical (unpaired) electrons. The van der Waals surface area contributed by atoms with Gasteiger partial charge in [-0.05, 0) is 61.3 Å². The normalized spacial score (nSPS) is 29.5. The Bertz CT molecular complexity index is 735. The molecule has 146 valence electrons. The molecule has 0 spiro atoms. The van der Waals surface area contributed by atoms with Crippen LogP contribution in [0.25, 0.3) is 0 Å². The zero-order valence-electron chi connectivity index (χ0n) is 16.1. The molecule has 1 saturated carbocycles. The molecule has 27 heavy (non-hydrogen) atoms. The number of nitrogens with one attached hydrogen (secondary N) is 1. The van der Waals surface area contributed by atoms with E-state index in [1.807, 2.05) is 23.1 Å². The molecule has 1 aliphatic carbocycles. The van der Waals surface area contributed by atoms with E-state index < -0.39 is 0 Å². The van der Waals surface area contributed by atoms with E-state index in [4.69, 9.17) is 9.47 Å². The molecule has 0 aromatic heterocycles. The highest BCUT2D eigenvalue weighted by atomic mass is 16.5. The molecule has 1 aromatic carbocycles. The van der Waals surface area contributed by atoms with Crippen LogP contribution in [-0.4, -0.2) is 55.7 Å². The van der Waals surface area contributed by atoms with E-state index in [0.29, 0.717) is 11.8 Å². The Hall–Kier alpha value is -2.08. The largest absolute Gasteiger partial charge is 0.493 e. The van der Waals surface area contributed by atoms with Crippen molar-refractivity contribution >= 4 is 11.8 Å². The first-order chi connectivity index (χ1) is 13.0. The van der Waals surface area contributed by atoms with Crippen molar-refractivity contribution in [2.24, 2.45) is 11.8 Å². The van der Waals surface area contributed by atoms with Gasteiger partial charge < -0.3 is 19.7 Å². The number of likely N-dealkylation sites (tertiary alicyclic amines) is 1. The van der Waals surface area contributed by atoms with E-state index in [1.165, 1.54) is 0 Å². The molecule has 6 nitrogen and oxygen atoms in total. The van der Waals surface area contributed by atoms with Crippen LogP contribution in [0, 0.1) is 11.8 Å². The highest BCUT2D eigenvalue weighted by Gasteiger charge is 2.44. The molecular formula is C21H28N2O4. The molecule has 3 aliphatic rings. The molecule has 2 amide bonds. The number of fused-ring (bicyclic) bond motifs is 2. The number of rotatable bonds is 3. The number of carbonyl (C=O) groups is 2. The van der Waals surface area contributed by atoms with Gasteiger partial charge in [-0.1, -0.05) is 0 Å². The number of hydrogen-bond acceptors (Lipinski definition) is 4. The maximum atomic E-state index is 13.1. The van der Waals surface area contributed by atoms with E-state index in [1.54, 1.807) is 14.0 Å². The number of aryl methyl sites for hydroxylation is 1. The second kappa shape index (κ2) is 7.50. The average molecular weight is 372 g/mol. The lowest BCUT2D eigenvalue weighted by Gasteiger charge is -2.37. The Morgan fingerprint density at radius 1 is 1.22 bits per heavy atom. The van der Waals surface area contributed by atoms with Gasteiger partial charge in [0.15, 0.2) is 0 Å². The van der Waals surface area contributed by atoms with Crippen LogP contribution >= 0.6 is 0 Å². The van der Waals surface area contributed by atoms with Crippen LogP contribution in [0.15, 0.2) is 18.2 Å². The van der Waals surface area contributed by atoms with Crippen molar-refractivity contribution in [3.05, 3.63) is 29.3 Å². The summed E-state index contributed by atoms with van der Waals surface area (Å²) in [5.74, 6) is 1.84. The first kappa shape index (κ1) is 18.3. The van der Waals surface area contributed by atoms with E-state index in [-0.39, 0.29) is 24.0 Å². The van der Waals surface area contributed by atoms with Gasteiger partial charge in [0.25, 0.3) is 5.91 Å². The van der Waals surface area contributed by atoms with Gasteiger partial charge in [-0.15, -0.1) is 0 Å². The molecule has 1 aromatic rings. The lowest BCUT2D eigenvalue weighted by Crippen LogP contribution is -2.49. The Kier molecular flexibility index (Phi) is 5.08. The third-order valence-corrected chi connectivity index (χ3v) is 6.25. The maximum absolute atomic E-state index is 13.1. The zero-order valence-corrected chi connectivity index (χ0v) is 16.1. The number of nitrogens with zero attached hydrogens (tertiary/aromatic N) is 1. The fraction of sp³-hybridized carbons (Fsp3) is 0.619. The summed E-state index contributed by atoms with van der Waals surface area (Å²) >= 11 is 0.